The molecule has 1 N–H and O–H groups in total. The summed E-state index contributed by atoms with van der Waals surface area (Å²) < 4.78 is 17.3. The summed E-state index contributed by atoms with van der Waals surface area (Å²) in [5, 5.41) is 0.715. The molecule has 1 fully saturated rings. The number of quaternary nitrogens is 1. The predicted octanol–water partition coefficient (Wildman–Crippen LogP) is 2.16. The molecule has 0 aromatic heterocycles. The maximum absolute atomic E-state index is 6.02. The summed E-state index contributed by atoms with van der Waals surface area (Å²) in [5.41, 5.74) is 1.05. The van der Waals surface area contributed by atoms with Crippen LogP contribution in [0.1, 0.15) is 19.4 Å². The maximum Gasteiger partial charge on any atom is 0.123 e. The highest BCUT2D eigenvalue weighted by Gasteiger charge is 2.24. The van der Waals surface area contributed by atoms with Crippen LogP contribution in [0.25, 0.3) is 0 Å². The van der Waals surface area contributed by atoms with Gasteiger partial charge in [0.15, 0.2) is 0 Å². The fraction of sp³-hybridized carbons (Fsp3) is 0.579. The van der Waals surface area contributed by atoms with Gasteiger partial charge in [0.25, 0.3) is 0 Å². The number of hydrogen-bond donors (Lipinski definition) is 1. The molecule has 0 unspecified atom stereocenters. The van der Waals surface area contributed by atoms with Crippen molar-refractivity contribution in [2.45, 2.75) is 32.5 Å². The van der Waals surface area contributed by atoms with Crippen LogP contribution < -0.4 is 9.64 Å². The topological polar surface area (TPSA) is 32.1 Å². The maximum atomic E-state index is 6.02. The third kappa shape index (κ3) is 6.44. The van der Waals surface area contributed by atoms with Gasteiger partial charge < -0.3 is 19.1 Å². The minimum atomic E-state index is 0.334. The lowest BCUT2D eigenvalue weighted by atomic mass is 10.1. The van der Waals surface area contributed by atoms with Crippen molar-refractivity contribution in [3.63, 3.8) is 0 Å². The smallest absolute Gasteiger partial charge is 0.123 e. The van der Waals surface area contributed by atoms with Crippen LogP contribution in [-0.2, 0) is 15.9 Å². The molecule has 4 nitrogen and oxygen atoms in total. The Kier molecular flexibility index (Phi) is 8.06. The van der Waals surface area contributed by atoms with Gasteiger partial charge in [-0.25, -0.2) is 0 Å². The molecule has 134 valence electrons. The van der Waals surface area contributed by atoms with Crippen LogP contribution in [-0.4, -0.2) is 51.7 Å². The second kappa shape index (κ2) is 10.0. The summed E-state index contributed by atoms with van der Waals surface area (Å²) in [4.78, 5) is 1.55. The lowest BCUT2D eigenvalue weighted by Crippen LogP contribution is -3.15. The summed E-state index contributed by atoms with van der Waals surface area (Å²) in [6, 6.07) is 5.67. The van der Waals surface area contributed by atoms with E-state index in [0.29, 0.717) is 30.4 Å². The van der Waals surface area contributed by atoms with Crippen LogP contribution in [0.2, 0.25) is 5.02 Å². The third-order valence-electron chi connectivity index (χ3n) is 4.09. The molecule has 5 heteroatoms. The molecule has 2 rings (SSSR count). The second-order valence-corrected chi connectivity index (χ2v) is 6.81. The molecular weight excluding hydrogens is 326 g/mol. The van der Waals surface area contributed by atoms with E-state index in [4.69, 9.17) is 25.8 Å². The van der Waals surface area contributed by atoms with Gasteiger partial charge in [0.2, 0.25) is 0 Å². The van der Waals surface area contributed by atoms with Gasteiger partial charge in [0.05, 0.1) is 13.2 Å². The molecule has 0 radical (unpaired) electrons. The van der Waals surface area contributed by atoms with Crippen molar-refractivity contribution in [1.29, 1.82) is 0 Å². The highest BCUT2D eigenvalue weighted by atomic mass is 35.5. The molecule has 24 heavy (non-hydrogen) atoms. The Labute approximate surface area is 150 Å². The highest BCUT2D eigenvalue weighted by Crippen LogP contribution is 2.23. The minimum Gasteiger partial charge on any atom is -0.491 e. The van der Waals surface area contributed by atoms with Crippen molar-refractivity contribution >= 4 is 11.6 Å². The lowest BCUT2D eigenvalue weighted by Gasteiger charge is -2.32. The summed E-state index contributed by atoms with van der Waals surface area (Å²) in [6.07, 6.45) is 3.26. The molecule has 0 spiro atoms. The lowest BCUT2D eigenvalue weighted by molar-refractivity contribution is -0.915. The fourth-order valence-corrected chi connectivity index (χ4v) is 3.32. The minimum absolute atomic E-state index is 0.334. The number of rotatable bonds is 9. The number of benzene rings is 1. The quantitative estimate of drug-likeness (QED) is 0.545. The van der Waals surface area contributed by atoms with E-state index in [2.05, 4.69) is 20.4 Å². The van der Waals surface area contributed by atoms with Crippen LogP contribution >= 0.6 is 11.6 Å². The van der Waals surface area contributed by atoms with Gasteiger partial charge in [-0.1, -0.05) is 17.7 Å². The summed E-state index contributed by atoms with van der Waals surface area (Å²) in [6.45, 7) is 13.0. The van der Waals surface area contributed by atoms with E-state index >= 15 is 0 Å². The molecule has 1 heterocycles. The number of ether oxygens (including phenoxy) is 3. The molecule has 1 aliphatic rings. The Bertz CT molecular complexity index is 513. The number of nitrogens with one attached hydrogen (secondary N) is 1. The van der Waals surface area contributed by atoms with Crippen molar-refractivity contribution in [2.75, 3.05) is 39.5 Å². The molecule has 1 aromatic carbocycles. The molecule has 0 saturated carbocycles. The SMILES string of the molecule is C=CCc1cc(Cl)ccc1OCCOCC[NH+]1C[C@H](C)O[C@@H](C)C1. The van der Waals surface area contributed by atoms with E-state index in [0.717, 1.165) is 44.0 Å². The number of hydrogen-bond acceptors (Lipinski definition) is 3. The number of allylic oxidation sites excluding steroid dienone is 1. The Balaban J connectivity index is 1.64. The molecule has 1 aliphatic heterocycles. The molecule has 0 aliphatic carbocycles. The molecule has 2 atom stereocenters. The molecule has 1 saturated heterocycles. The van der Waals surface area contributed by atoms with Gasteiger partial charge in [-0.3, -0.25) is 0 Å². The molecule has 0 amide bonds. The van der Waals surface area contributed by atoms with Crippen LogP contribution in [0.4, 0.5) is 0 Å². The molecule has 0 bridgehead atoms. The van der Waals surface area contributed by atoms with Crippen LogP contribution in [0.3, 0.4) is 0 Å². The Morgan fingerprint density at radius 3 is 2.71 bits per heavy atom. The van der Waals surface area contributed by atoms with Gasteiger partial charge in [-0.15, -0.1) is 6.58 Å². The Hall–Kier alpha value is -1.07. The second-order valence-electron chi connectivity index (χ2n) is 6.37. The van der Waals surface area contributed by atoms with Crippen LogP contribution in [0, 0.1) is 0 Å². The van der Waals surface area contributed by atoms with Crippen molar-refractivity contribution in [2.24, 2.45) is 0 Å². The van der Waals surface area contributed by atoms with Gasteiger partial charge in [-0.05, 0) is 44.0 Å². The first-order valence-corrected chi connectivity index (χ1v) is 9.05. The zero-order chi connectivity index (χ0) is 17.4. The zero-order valence-corrected chi connectivity index (χ0v) is 15.5. The predicted molar refractivity (Wildman–Crippen MR) is 97.2 cm³/mol. The third-order valence-corrected chi connectivity index (χ3v) is 4.32. The van der Waals surface area contributed by atoms with Gasteiger partial charge >= 0.3 is 0 Å². The monoisotopic (exact) mass is 354 g/mol. The standard InChI is InChI=1S/C19H28ClNO3/c1-4-5-17-12-18(20)6-7-19(17)23-11-10-22-9-8-21-13-15(2)24-16(3)14-21/h4,6-7,12,15-16H,1,5,8-11,13-14H2,2-3H3/p+1/t15-,16-/m0/s1. The highest BCUT2D eigenvalue weighted by molar-refractivity contribution is 6.30. The first kappa shape index (κ1) is 19.3. The summed E-state index contributed by atoms with van der Waals surface area (Å²) >= 11 is 6.02. The van der Waals surface area contributed by atoms with Gasteiger partial charge in [-0.2, -0.15) is 0 Å². The van der Waals surface area contributed by atoms with E-state index in [1.165, 1.54) is 0 Å². The molecule has 1 aromatic rings. The fourth-order valence-electron chi connectivity index (χ4n) is 3.13. The van der Waals surface area contributed by atoms with Crippen molar-refractivity contribution in [3.05, 3.63) is 41.4 Å². The van der Waals surface area contributed by atoms with Gasteiger partial charge in [0, 0.05) is 5.02 Å². The van der Waals surface area contributed by atoms with Crippen molar-refractivity contribution in [1.82, 2.24) is 0 Å². The van der Waals surface area contributed by atoms with E-state index in [-0.39, 0.29) is 0 Å². The number of halogens is 1. The van der Waals surface area contributed by atoms with Crippen molar-refractivity contribution < 1.29 is 19.1 Å². The molecular formula is C19H29ClNO3+. The van der Waals surface area contributed by atoms with E-state index < -0.39 is 0 Å². The first-order valence-electron chi connectivity index (χ1n) is 8.67. The largest absolute Gasteiger partial charge is 0.491 e. The summed E-state index contributed by atoms with van der Waals surface area (Å²) in [7, 11) is 0. The average molecular weight is 355 g/mol. The Morgan fingerprint density at radius 2 is 2.00 bits per heavy atom. The normalized spacial score (nSPS) is 23.9. The van der Waals surface area contributed by atoms with Gasteiger partial charge in [0.1, 0.15) is 44.2 Å². The van der Waals surface area contributed by atoms with E-state index in [9.17, 15) is 0 Å². The van der Waals surface area contributed by atoms with E-state index in [1.54, 1.807) is 4.90 Å². The zero-order valence-electron chi connectivity index (χ0n) is 14.7. The number of morpholine rings is 1. The van der Waals surface area contributed by atoms with Crippen molar-refractivity contribution in [3.8, 4) is 5.75 Å². The summed E-state index contributed by atoms with van der Waals surface area (Å²) in [5.74, 6) is 0.851. The van der Waals surface area contributed by atoms with Crippen LogP contribution in [0.15, 0.2) is 30.9 Å². The van der Waals surface area contributed by atoms with E-state index in [1.807, 2.05) is 24.3 Å². The average Bonchev–Trinajstić information content (AvgIpc) is 2.52. The van der Waals surface area contributed by atoms with Crippen LogP contribution in [0.5, 0.6) is 5.75 Å². The Morgan fingerprint density at radius 1 is 1.25 bits per heavy atom. The first-order chi connectivity index (χ1) is 11.6.